The number of halogens is 1. The molecule has 0 aliphatic carbocycles. The SMILES string of the molecule is Cc1nc(N2C(=O)c3ccccc3C2=O)ccc1Br. The second-order valence-electron chi connectivity index (χ2n) is 4.23. The Morgan fingerprint density at radius 2 is 1.58 bits per heavy atom. The van der Waals surface area contributed by atoms with Gasteiger partial charge in [-0.1, -0.05) is 12.1 Å². The van der Waals surface area contributed by atoms with Gasteiger partial charge in [0.1, 0.15) is 5.82 Å². The van der Waals surface area contributed by atoms with Crippen molar-refractivity contribution in [3.05, 3.63) is 57.7 Å². The smallest absolute Gasteiger partial charge is 0.267 e. The van der Waals surface area contributed by atoms with E-state index >= 15 is 0 Å². The Morgan fingerprint density at radius 3 is 2.11 bits per heavy atom. The third kappa shape index (κ3) is 1.77. The fourth-order valence-corrected chi connectivity index (χ4v) is 2.27. The number of imide groups is 1. The first kappa shape index (κ1) is 12.0. The summed E-state index contributed by atoms with van der Waals surface area (Å²) in [5.74, 6) is -0.295. The average molecular weight is 317 g/mol. The molecule has 0 unspecified atom stereocenters. The lowest BCUT2D eigenvalue weighted by Crippen LogP contribution is -2.30. The number of aromatic nitrogens is 1. The minimum atomic E-state index is -0.324. The standard InChI is InChI=1S/C14H9BrN2O2/c1-8-11(15)6-7-12(16-8)17-13(18)9-4-2-3-5-10(9)14(17)19/h2-7H,1H3. The second-order valence-corrected chi connectivity index (χ2v) is 5.08. The summed E-state index contributed by atoms with van der Waals surface area (Å²) in [7, 11) is 0. The van der Waals surface area contributed by atoms with E-state index in [1.807, 2.05) is 6.92 Å². The Morgan fingerprint density at radius 1 is 1.00 bits per heavy atom. The van der Waals surface area contributed by atoms with Crippen molar-refractivity contribution in [3.8, 4) is 0 Å². The van der Waals surface area contributed by atoms with Gasteiger partial charge in [-0.15, -0.1) is 0 Å². The Kier molecular flexibility index (Phi) is 2.71. The number of nitrogens with zero attached hydrogens (tertiary/aromatic N) is 2. The molecule has 0 N–H and O–H groups in total. The van der Waals surface area contributed by atoms with Gasteiger partial charge in [-0.2, -0.15) is 0 Å². The summed E-state index contributed by atoms with van der Waals surface area (Å²) in [6, 6.07) is 10.2. The van der Waals surface area contributed by atoms with Crippen LogP contribution in [0.1, 0.15) is 26.4 Å². The molecule has 5 heteroatoms. The van der Waals surface area contributed by atoms with Crippen LogP contribution in [0.4, 0.5) is 5.82 Å². The Hall–Kier alpha value is -2.01. The van der Waals surface area contributed by atoms with Crippen LogP contribution in [0.2, 0.25) is 0 Å². The first-order chi connectivity index (χ1) is 9.09. The van der Waals surface area contributed by atoms with Gasteiger partial charge in [0.2, 0.25) is 0 Å². The minimum Gasteiger partial charge on any atom is -0.268 e. The number of carbonyl (C=O) groups excluding carboxylic acids is 2. The zero-order chi connectivity index (χ0) is 13.6. The van der Waals surface area contributed by atoms with Crippen LogP contribution in [0.5, 0.6) is 0 Å². The molecular formula is C14H9BrN2O2. The van der Waals surface area contributed by atoms with Crippen molar-refractivity contribution in [1.82, 2.24) is 4.98 Å². The first-order valence-corrected chi connectivity index (χ1v) is 6.50. The van der Waals surface area contributed by atoms with Gasteiger partial charge in [-0.3, -0.25) is 9.59 Å². The third-order valence-electron chi connectivity index (χ3n) is 3.03. The van der Waals surface area contributed by atoms with Crippen LogP contribution >= 0.6 is 15.9 Å². The van der Waals surface area contributed by atoms with Crippen LogP contribution in [0.15, 0.2) is 40.9 Å². The maximum absolute atomic E-state index is 12.3. The predicted molar refractivity (Wildman–Crippen MR) is 74.3 cm³/mol. The summed E-state index contributed by atoms with van der Waals surface area (Å²) in [4.78, 5) is 29.9. The molecule has 4 nitrogen and oxygen atoms in total. The zero-order valence-corrected chi connectivity index (χ0v) is 11.6. The lowest BCUT2D eigenvalue weighted by atomic mass is 10.1. The number of hydrogen-bond donors (Lipinski definition) is 0. The van der Waals surface area contributed by atoms with Crippen molar-refractivity contribution in [2.45, 2.75) is 6.92 Å². The molecule has 3 rings (SSSR count). The lowest BCUT2D eigenvalue weighted by molar-refractivity contribution is 0.0925. The first-order valence-electron chi connectivity index (χ1n) is 5.70. The monoisotopic (exact) mass is 316 g/mol. The van der Waals surface area contributed by atoms with E-state index in [0.717, 1.165) is 15.1 Å². The van der Waals surface area contributed by atoms with Crippen LogP contribution < -0.4 is 4.90 Å². The van der Waals surface area contributed by atoms with E-state index in [-0.39, 0.29) is 11.8 Å². The molecule has 0 spiro atoms. The Bertz CT molecular complexity index is 677. The molecule has 0 fully saturated rings. The molecular weight excluding hydrogens is 308 g/mol. The van der Waals surface area contributed by atoms with Gasteiger partial charge in [-0.05, 0) is 47.1 Å². The van der Waals surface area contributed by atoms with E-state index in [2.05, 4.69) is 20.9 Å². The predicted octanol–water partition coefficient (Wildman–Crippen LogP) is 2.95. The van der Waals surface area contributed by atoms with Gasteiger partial charge < -0.3 is 0 Å². The minimum absolute atomic E-state index is 0.324. The maximum atomic E-state index is 12.3. The van der Waals surface area contributed by atoms with E-state index in [4.69, 9.17) is 0 Å². The quantitative estimate of drug-likeness (QED) is 0.760. The number of hydrogen-bond acceptors (Lipinski definition) is 3. The van der Waals surface area contributed by atoms with E-state index < -0.39 is 0 Å². The molecule has 0 bridgehead atoms. The van der Waals surface area contributed by atoms with Crippen LogP contribution in [0, 0.1) is 6.92 Å². The van der Waals surface area contributed by atoms with Crippen molar-refractivity contribution in [3.63, 3.8) is 0 Å². The molecule has 0 radical (unpaired) electrons. The number of carbonyl (C=O) groups is 2. The molecule has 19 heavy (non-hydrogen) atoms. The average Bonchev–Trinajstić information content (AvgIpc) is 2.66. The Labute approximate surface area is 118 Å². The van der Waals surface area contributed by atoms with Crippen molar-refractivity contribution >= 4 is 33.6 Å². The van der Waals surface area contributed by atoms with E-state index in [0.29, 0.717) is 16.9 Å². The number of aryl methyl sites for hydroxylation is 1. The van der Waals surface area contributed by atoms with Crippen LogP contribution in [0.25, 0.3) is 0 Å². The second kappa shape index (κ2) is 4.28. The molecule has 2 heterocycles. The highest BCUT2D eigenvalue weighted by Crippen LogP contribution is 2.28. The number of fused-ring (bicyclic) bond motifs is 1. The summed E-state index contributed by atoms with van der Waals surface area (Å²) in [6.07, 6.45) is 0. The van der Waals surface area contributed by atoms with Crippen molar-refractivity contribution in [2.24, 2.45) is 0 Å². The molecule has 1 aromatic carbocycles. The fraction of sp³-hybridized carbons (Fsp3) is 0.0714. The van der Waals surface area contributed by atoms with E-state index in [1.54, 1.807) is 36.4 Å². The molecule has 1 aliphatic heterocycles. The number of rotatable bonds is 1. The molecule has 0 saturated heterocycles. The largest absolute Gasteiger partial charge is 0.268 e. The number of benzene rings is 1. The maximum Gasteiger partial charge on any atom is 0.267 e. The van der Waals surface area contributed by atoms with Gasteiger partial charge in [0, 0.05) is 4.47 Å². The number of pyridine rings is 1. The van der Waals surface area contributed by atoms with Gasteiger partial charge >= 0.3 is 0 Å². The van der Waals surface area contributed by atoms with Crippen molar-refractivity contribution in [2.75, 3.05) is 4.90 Å². The van der Waals surface area contributed by atoms with E-state index in [1.165, 1.54) is 0 Å². The normalized spacial score (nSPS) is 13.9. The molecule has 1 aliphatic rings. The molecule has 1 aromatic heterocycles. The highest BCUT2D eigenvalue weighted by atomic mass is 79.9. The fourth-order valence-electron chi connectivity index (χ4n) is 2.05. The summed E-state index contributed by atoms with van der Waals surface area (Å²) in [6.45, 7) is 1.81. The third-order valence-corrected chi connectivity index (χ3v) is 3.87. The van der Waals surface area contributed by atoms with Gasteiger partial charge in [0.05, 0.1) is 16.8 Å². The van der Waals surface area contributed by atoms with Gasteiger partial charge in [-0.25, -0.2) is 9.88 Å². The van der Waals surface area contributed by atoms with E-state index in [9.17, 15) is 9.59 Å². The van der Waals surface area contributed by atoms with Crippen molar-refractivity contribution < 1.29 is 9.59 Å². The van der Waals surface area contributed by atoms with Crippen LogP contribution in [-0.2, 0) is 0 Å². The van der Waals surface area contributed by atoms with Crippen LogP contribution in [-0.4, -0.2) is 16.8 Å². The summed E-state index contributed by atoms with van der Waals surface area (Å²) in [5.41, 5.74) is 1.58. The van der Waals surface area contributed by atoms with Gasteiger partial charge in [0.15, 0.2) is 0 Å². The van der Waals surface area contributed by atoms with Gasteiger partial charge in [0.25, 0.3) is 11.8 Å². The van der Waals surface area contributed by atoms with Crippen LogP contribution in [0.3, 0.4) is 0 Å². The molecule has 2 aromatic rings. The molecule has 0 atom stereocenters. The number of amides is 2. The highest BCUT2D eigenvalue weighted by molar-refractivity contribution is 9.10. The Balaban J connectivity index is 2.11. The molecule has 2 amide bonds. The highest BCUT2D eigenvalue weighted by Gasteiger charge is 2.37. The lowest BCUT2D eigenvalue weighted by Gasteiger charge is -2.13. The summed E-state index contributed by atoms with van der Waals surface area (Å²) in [5, 5.41) is 0. The van der Waals surface area contributed by atoms with Crippen molar-refractivity contribution in [1.29, 1.82) is 0 Å². The molecule has 94 valence electrons. The topological polar surface area (TPSA) is 50.3 Å². The zero-order valence-electron chi connectivity index (χ0n) is 10.1. The summed E-state index contributed by atoms with van der Waals surface area (Å²) < 4.78 is 0.841. The summed E-state index contributed by atoms with van der Waals surface area (Å²) >= 11 is 3.35. The molecule has 0 saturated carbocycles. The number of anilines is 1.